The second-order valence-electron chi connectivity index (χ2n) is 2.70. The number of para-hydroxylation sites is 1. The van der Waals surface area contributed by atoms with Crippen LogP contribution in [-0.2, 0) is 14.8 Å². The van der Waals surface area contributed by atoms with Crippen LogP contribution in [0.25, 0.3) is 0 Å². The van der Waals surface area contributed by atoms with Gasteiger partial charge in [-0.1, -0.05) is 12.1 Å². The first-order valence-corrected chi connectivity index (χ1v) is 5.29. The predicted octanol–water partition coefficient (Wildman–Crippen LogP) is -1.38. The molecule has 86 valence electrons. The Kier molecular flexibility index (Phi) is 7.64. The van der Waals surface area contributed by atoms with Crippen molar-refractivity contribution in [2.75, 3.05) is 5.73 Å². The van der Waals surface area contributed by atoms with Crippen molar-refractivity contribution >= 4 is 51.2 Å². The molecule has 5 N–H and O–H groups in total. The van der Waals surface area contributed by atoms with E-state index in [0.717, 1.165) is 6.92 Å². The number of carbonyl (C=O) groups is 1. The van der Waals surface area contributed by atoms with Crippen molar-refractivity contribution in [2.45, 2.75) is 11.8 Å². The normalized spacial score (nSPS) is 9.56. The van der Waals surface area contributed by atoms with Crippen molar-refractivity contribution in [1.29, 1.82) is 0 Å². The van der Waals surface area contributed by atoms with Crippen molar-refractivity contribution in [3.05, 3.63) is 24.3 Å². The molecular weight excluding hydrogens is 243 g/mol. The third-order valence-electron chi connectivity index (χ3n) is 1.49. The molecule has 1 aromatic rings. The van der Waals surface area contributed by atoms with E-state index in [4.69, 9.17) is 5.73 Å². The standard InChI is InChI=1S/C8H10N2O3S.Na.H2O.H/c1-6(11)10-14(12,13)8-5-3-2-4-7(8)9;;;/h2-5H,9H2,1H3,(H,10,11);;1H2;. The SMILES string of the molecule is CC(=O)NS(=O)(=O)c1ccccc1N.O.[NaH]. The molecule has 0 aliphatic heterocycles. The number of anilines is 1. The van der Waals surface area contributed by atoms with E-state index in [1.165, 1.54) is 18.2 Å². The molecule has 0 saturated carbocycles. The molecule has 0 aliphatic carbocycles. The van der Waals surface area contributed by atoms with Gasteiger partial charge in [0.15, 0.2) is 0 Å². The average Bonchev–Trinajstić information content (AvgIpc) is 2.02. The molecule has 0 saturated heterocycles. The van der Waals surface area contributed by atoms with E-state index in [1.807, 2.05) is 4.72 Å². The second-order valence-corrected chi connectivity index (χ2v) is 4.35. The van der Waals surface area contributed by atoms with E-state index in [0.29, 0.717) is 0 Å². The van der Waals surface area contributed by atoms with E-state index in [9.17, 15) is 13.2 Å². The molecule has 1 aromatic carbocycles. The number of nitrogens with two attached hydrogens (primary N) is 1. The Balaban J connectivity index is 0. The van der Waals surface area contributed by atoms with Crippen molar-refractivity contribution in [1.82, 2.24) is 4.72 Å². The number of hydrogen-bond acceptors (Lipinski definition) is 4. The Bertz CT molecular complexity index is 461. The Hall–Kier alpha value is -0.600. The van der Waals surface area contributed by atoms with Crippen LogP contribution >= 0.6 is 0 Å². The summed E-state index contributed by atoms with van der Waals surface area (Å²) in [5, 5.41) is 0. The summed E-state index contributed by atoms with van der Waals surface area (Å²) in [5.41, 5.74) is 5.56. The number of rotatable bonds is 2. The average molecular weight is 256 g/mol. The van der Waals surface area contributed by atoms with Crippen LogP contribution in [0.2, 0.25) is 0 Å². The molecule has 0 heterocycles. The van der Waals surface area contributed by atoms with Gasteiger partial charge in [-0.3, -0.25) is 4.79 Å². The maximum absolute atomic E-state index is 11.5. The first kappa shape index (κ1) is 17.8. The first-order chi connectivity index (χ1) is 6.43. The van der Waals surface area contributed by atoms with E-state index in [-0.39, 0.29) is 45.6 Å². The van der Waals surface area contributed by atoms with Crippen LogP contribution < -0.4 is 10.5 Å². The molecule has 1 amide bonds. The maximum atomic E-state index is 11.5. The molecule has 0 radical (unpaired) electrons. The molecule has 8 heteroatoms. The third-order valence-corrected chi connectivity index (χ3v) is 2.99. The molecule has 1 rings (SSSR count). The van der Waals surface area contributed by atoms with Crippen LogP contribution in [0, 0.1) is 0 Å². The Morgan fingerprint density at radius 1 is 1.31 bits per heavy atom. The minimum absolute atomic E-state index is 0. The van der Waals surface area contributed by atoms with Gasteiger partial charge in [0.1, 0.15) is 4.90 Å². The number of amides is 1. The van der Waals surface area contributed by atoms with Crippen LogP contribution in [-0.4, -0.2) is 49.4 Å². The van der Waals surface area contributed by atoms with Gasteiger partial charge in [0.2, 0.25) is 5.91 Å². The predicted molar refractivity (Wildman–Crippen MR) is 62.6 cm³/mol. The van der Waals surface area contributed by atoms with Gasteiger partial charge in [0, 0.05) is 6.92 Å². The van der Waals surface area contributed by atoms with Crippen molar-refractivity contribution in [3.8, 4) is 0 Å². The summed E-state index contributed by atoms with van der Waals surface area (Å²) in [4.78, 5) is 10.5. The number of nitrogen functional groups attached to an aromatic ring is 1. The molecule has 0 atom stereocenters. The van der Waals surface area contributed by atoms with Crippen molar-refractivity contribution < 1.29 is 18.7 Å². The van der Waals surface area contributed by atoms with Crippen molar-refractivity contribution in [3.63, 3.8) is 0 Å². The number of carbonyl (C=O) groups excluding carboxylic acids is 1. The number of sulfonamides is 1. The van der Waals surface area contributed by atoms with Gasteiger partial charge >= 0.3 is 29.6 Å². The summed E-state index contributed by atoms with van der Waals surface area (Å²) < 4.78 is 24.7. The summed E-state index contributed by atoms with van der Waals surface area (Å²) >= 11 is 0. The zero-order valence-electron chi connectivity index (χ0n) is 8.02. The summed E-state index contributed by atoms with van der Waals surface area (Å²) in [7, 11) is -3.81. The van der Waals surface area contributed by atoms with Gasteiger partial charge in [-0.25, -0.2) is 13.1 Å². The van der Waals surface area contributed by atoms with E-state index in [1.54, 1.807) is 6.07 Å². The zero-order valence-corrected chi connectivity index (χ0v) is 8.84. The van der Waals surface area contributed by atoms with Crippen molar-refractivity contribution in [2.24, 2.45) is 0 Å². The molecule has 16 heavy (non-hydrogen) atoms. The fourth-order valence-corrected chi connectivity index (χ4v) is 2.09. The fraction of sp³-hybridized carbons (Fsp3) is 0.125. The molecule has 0 aromatic heterocycles. The Morgan fingerprint density at radius 3 is 2.25 bits per heavy atom. The van der Waals surface area contributed by atoms with Gasteiger partial charge < -0.3 is 11.2 Å². The van der Waals surface area contributed by atoms with Crippen LogP contribution in [0.5, 0.6) is 0 Å². The molecule has 0 aliphatic rings. The summed E-state index contributed by atoms with van der Waals surface area (Å²) in [5.74, 6) is -0.645. The zero-order chi connectivity index (χ0) is 10.8. The minimum atomic E-state index is -3.81. The Labute approximate surface area is 116 Å². The number of benzene rings is 1. The summed E-state index contributed by atoms with van der Waals surface area (Å²) in [6.07, 6.45) is 0. The fourth-order valence-electron chi connectivity index (χ4n) is 0.969. The van der Waals surface area contributed by atoms with E-state index in [2.05, 4.69) is 0 Å². The number of nitrogens with one attached hydrogen (secondary N) is 1. The topological polar surface area (TPSA) is 121 Å². The first-order valence-electron chi connectivity index (χ1n) is 3.81. The Morgan fingerprint density at radius 2 is 1.81 bits per heavy atom. The van der Waals surface area contributed by atoms with Gasteiger partial charge in [0.25, 0.3) is 10.0 Å². The van der Waals surface area contributed by atoms with Crippen LogP contribution in [0.4, 0.5) is 5.69 Å². The molecule has 0 spiro atoms. The van der Waals surface area contributed by atoms with Crippen LogP contribution in [0.1, 0.15) is 6.92 Å². The number of hydrogen-bond donors (Lipinski definition) is 2. The van der Waals surface area contributed by atoms with Gasteiger partial charge in [-0.05, 0) is 12.1 Å². The monoisotopic (exact) mass is 256 g/mol. The van der Waals surface area contributed by atoms with Gasteiger partial charge in [0.05, 0.1) is 5.69 Å². The molecular formula is C8H13N2NaO4S. The summed E-state index contributed by atoms with van der Waals surface area (Å²) in [6.45, 7) is 1.12. The molecule has 6 nitrogen and oxygen atoms in total. The molecule has 0 bridgehead atoms. The van der Waals surface area contributed by atoms with Gasteiger partial charge in [-0.2, -0.15) is 0 Å². The molecule has 0 fully saturated rings. The van der Waals surface area contributed by atoms with E-state index < -0.39 is 15.9 Å². The van der Waals surface area contributed by atoms with Crippen LogP contribution in [0.3, 0.4) is 0 Å². The quantitative estimate of drug-likeness (QED) is 0.500. The van der Waals surface area contributed by atoms with Crippen LogP contribution in [0.15, 0.2) is 29.2 Å². The second kappa shape index (κ2) is 6.87. The summed E-state index contributed by atoms with van der Waals surface area (Å²) in [6, 6.07) is 5.93. The third kappa shape index (κ3) is 4.50. The van der Waals surface area contributed by atoms with E-state index >= 15 is 0 Å². The van der Waals surface area contributed by atoms with Gasteiger partial charge in [-0.15, -0.1) is 0 Å². The molecule has 0 unspecified atom stereocenters.